The van der Waals surface area contributed by atoms with Gasteiger partial charge < -0.3 is 4.74 Å². The Balaban J connectivity index is 2.12. The number of aryl methyl sites for hydroxylation is 1. The number of hydrogen-bond acceptors (Lipinski definition) is 3. The highest BCUT2D eigenvalue weighted by Crippen LogP contribution is 2.34. The molecule has 0 aromatic heterocycles. The van der Waals surface area contributed by atoms with Crippen LogP contribution in [0.5, 0.6) is 5.75 Å². The molecule has 3 aromatic rings. The number of rotatable bonds is 6. The van der Waals surface area contributed by atoms with Gasteiger partial charge in [-0.25, -0.2) is 8.42 Å². The summed E-state index contributed by atoms with van der Waals surface area (Å²) in [5.41, 5.74) is 2.53. The van der Waals surface area contributed by atoms with Crippen LogP contribution in [0.2, 0.25) is 0 Å². The molecule has 0 spiro atoms. The minimum atomic E-state index is -3.75. The van der Waals surface area contributed by atoms with Crippen LogP contribution in [0, 0.1) is 6.92 Å². The number of ether oxygens (including phenoxy) is 1. The second-order valence-electron chi connectivity index (χ2n) is 6.40. The predicted molar refractivity (Wildman–Crippen MR) is 109 cm³/mol. The summed E-state index contributed by atoms with van der Waals surface area (Å²) in [4.78, 5) is 0.270. The van der Waals surface area contributed by atoms with Crippen molar-refractivity contribution in [3.8, 4) is 5.75 Å². The van der Waals surface area contributed by atoms with Crippen LogP contribution in [0.15, 0.2) is 83.8 Å². The minimum Gasteiger partial charge on any atom is -0.497 e. The van der Waals surface area contributed by atoms with Crippen molar-refractivity contribution in [1.82, 2.24) is 0 Å². The van der Waals surface area contributed by atoms with E-state index in [4.69, 9.17) is 4.74 Å². The quantitative estimate of drug-likeness (QED) is 0.606. The standard InChI is InChI=1S/C22H23NO3S/c1-17-9-15-22(16-10-17)27(24,25)23(18(2)19-7-5-4-6-8-19)20-11-13-21(26-3)14-12-20/h4-16,18H,1-3H3. The second-order valence-corrected chi connectivity index (χ2v) is 8.21. The molecule has 1 atom stereocenters. The van der Waals surface area contributed by atoms with Crippen LogP contribution in [0.4, 0.5) is 5.69 Å². The van der Waals surface area contributed by atoms with Crippen molar-refractivity contribution >= 4 is 15.7 Å². The van der Waals surface area contributed by atoms with Crippen LogP contribution < -0.4 is 9.04 Å². The number of sulfonamides is 1. The van der Waals surface area contributed by atoms with Gasteiger partial charge >= 0.3 is 0 Å². The highest BCUT2D eigenvalue weighted by Gasteiger charge is 2.30. The maximum atomic E-state index is 13.5. The summed E-state index contributed by atoms with van der Waals surface area (Å²) in [6.07, 6.45) is 0. The average Bonchev–Trinajstić information content (AvgIpc) is 2.69. The molecule has 0 bridgehead atoms. The third-order valence-corrected chi connectivity index (χ3v) is 6.45. The van der Waals surface area contributed by atoms with Crippen molar-refractivity contribution in [2.24, 2.45) is 0 Å². The van der Waals surface area contributed by atoms with Crippen LogP contribution in [-0.2, 0) is 10.0 Å². The lowest BCUT2D eigenvalue weighted by atomic mass is 10.1. The summed E-state index contributed by atoms with van der Waals surface area (Å²) in [5, 5.41) is 0. The van der Waals surface area contributed by atoms with Gasteiger partial charge in [-0.05, 0) is 55.8 Å². The smallest absolute Gasteiger partial charge is 0.264 e. The largest absolute Gasteiger partial charge is 0.497 e. The van der Waals surface area contributed by atoms with Crippen molar-refractivity contribution < 1.29 is 13.2 Å². The van der Waals surface area contributed by atoms with E-state index in [0.717, 1.165) is 11.1 Å². The zero-order valence-corrected chi connectivity index (χ0v) is 16.5. The van der Waals surface area contributed by atoms with E-state index in [9.17, 15) is 8.42 Å². The molecular weight excluding hydrogens is 358 g/mol. The fourth-order valence-corrected chi connectivity index (χ4v) is 4.63. The molecule has 0 saturated heterocycles. The van der Waals surface area contributed by atoms with Gasteiger partial charge in [-0.1, -0.05) is 48.0 Å². The molecule has 5 heteroatoms. The van der Waals surface area contributed by atoms with Gasteiger partial charge in [0.1, 0.15) is 5.75 Å². The molecular formula is C22H23NO3S. The minimum absolute atomic E-state index is 0.270. The Labute approximate surface area is 161 Å². The molecule has 0 amide bonds. The SMILES string of the molecule is COc1ccc(N(C(C)c2ccccc2)S(=O)(=O)c2ccc(C)cc2)cc1. The first-order valence-corrected chi connectivity index (χ1v) is 10.2. The summed E-state index contributed by atoms with van der Waals surface area (Å²) in [6, 6.07) is 23.2. The molecule has 0 aliphatic carbocycles. The normalized spacial score (nSPS) is 12.4. The lowest BCUT2D eigenvalue weighted by Crippen LogP contribution is -2.33. The lowest BCUT2D eigenvalue weighted by molar-refractivity contribution is 0.415. The van der Waals surface area contributed by atoms with Crippen LogP contribution in [-0.4, -0.2) is 15.5 Å². The van der Waals surface area contributed by atoms with Gasteiger partial charge in [-0.2, -0.15) is 0 Å². The molecule has 27 heavy (non-hydrogen) atoms. The molecule has 0 heterocycles. The Hall–Kier alpha value is -2.79. The van der Waals surface area contributed by atoms with Gasteiger partial charge in [0.2, 0.25) is 0 Å². The van der Waals surface area contributed by atoms with Gasteiger partial charge in [-0.3, -0.25) is 4.31 Å². The number of benzene rings is 3. The van der Waals surface area contributed by atoms with Crippen LogP contribution in [0.3, 0.4) is 0 Å². The highest BCUT2D eigenvalue weighted by atomic mass is 32.2. The Kier molecular flexibility index (Phi) is 5.51. The number of methoxy groups -OCH3 is 1. The van der Waals surface area contributed by atoms with Crippen molar-refractivity contribution in [1.29, 1.82) is 0 Å². The summed E-state index contributed by atoms with van der Waals surface area (Å²) >= 11 is 0. The van der Waals surface area contributed by atoms with Gasteiger partial charge in [0.05, 0.1) is 23.7 Å². The summed E-state index contributed by atoms with van der Waals surface area (Å²) < 4.78 is 33.7. The Bertz CT molecular complexity index is 982. The highest BCUT2D eigenvalue weighted by molar-refractivity contribution is 7.92. The third kappa shape index (κ3) is 3.98. The van der Waals surface area contributed by atoms with Crippen molar-refractivity contribution in [3.05, 3.63) is 90.0 Å². The van der Waals surface area contributed by atoms with Crippen LogP contribution in [0.25, 0.3) is 0 Å². The average molecular weight is 381 g/mol. The van der Waals surface area contributed by atoms with Crippen LogP contribution >= 0.6 is 0 Å². The molecule has 0 aliphatic heterocycles. The summed E-state index contributed by atoms with van der Waals surface area (Å²) in [5.74, 6) is 0.679. The molecule has 0 radical (unpaired) electrons. The van der Waals surface area contributed by atoms with Crippen LogP contribution in [0.1, 0.15) is 24.1 Å². The Morgan fingerprint density at radius 2 is 1.44 bits per heavy atom. The zero-order chi connectivity index (χ0) is 19.4. The molecule has 3 aromatic carbocycles. The van der Waals surface area contributed by atoms with E-state index in [1.807, 2.05) is 56.3 Å². The topological polar surface area (TPSA) is 46.6 Å². The molecule has 0 saturated carbocycles. The third-order valence-electron chi connectivity index (χ3n) is 4.54. The summed E-state index contributed by atoms with van der Waals surface area (Å²) in [6.45, 7) is 3.83. The molecule has 0 N–H and O–H groups in total. The van der Waals surface area contributed by atoms with Crippen molar-refractivity contribution in [2.45, 2.75) is 24.8 Å². The van der Waals surface area contributed by atoms with E-state index in [1.165, 1.54) is 4.31 Å². The summed E-state index contributed by atoms with van der Waals surface area (Å²) in [7, 11) is -2.16. The van der Waals surface area contributed by atoms with E-state index < -0.39 is 10.0 Å². The van der Waals surface area contributed by atoms with Gasteiger partial charge in [0, 0.05) is 0 Å². The predicted octanol–water partition coefficient (Wildman–Crippen LogP) is 4.96. The molecule has 0 aliphatic rings. The van der Waals surface area contributed by atoms with Gasteiger partial charge in [-0.15, -0.1) is 0 Å². The lowest BCUT2D eigenvalue weighted by Gasteiger charge is -2.31. The Morgan fingerprint density at radius 3 is 2.00 bits per heavy atom. The fraction of sp³-hybridized carbons (Fsp3) is 0.182. The van der Waals surface area contributed by atoms with E-state index in [2.05, 4.69) is 0 Å². The number of nitrogens with zero attached hydrogens (tertiary/aromatic N) is 1. The van der Waals surface area contributed by atoms with E-state index in [1.54, 1.807) is 43.5 Å². The molecule has 4 nitrogen and oxygen atoms in total. The first-order valence-electron chi connectivity index (χ1n) is 8.73. The van der Waals surface area contributed by atoms with Crippen molar-refractivity contribution in [2.75, 3.05) is 11.4 Å². The fourth-order valence-electron chi connectivity index (χ4n) is 2.99. The Morgan fingerprint density at radius 1 is 0.852 bits per heavy atom. The maximum Gasteiger partial charge on any atom is 0.264 e. The molecule has 140 valence electrons. The first-order chi connectivity index (χ1) is 12.9. The van der Waals surface area contributed by atoms with E-state index in [0.29, 0.717) is 11.4 Å². The van der Waals surface area contributed by atoms with E-state index in [-0.39, 0.29) is 10.9 Å². The van der Waals surface area contributed by atoms with Gasteiger partial charge in [0.25, 0.3) is 10.0 Å². The molecule has 3 rings (SSSR count). The second kappa shape index (κ2) is 7.84. The molecule has 1 unspecified atom stereocenters. The number of anilines is 1. The maximum absolute atomic E-state index is 13.5. The van der Waals surface area contributed by atoms with Gasteiger partial charge in [0.15, 0.2) is 0 Å². The monoisotopic (exact) mass is 381 g/mol. The zero-order valence-electron chi connectivity index (χ0n) is 15.7. The van der Waals surface area contributed by atoms with Crippen molar-refractivity contribution in [3.63, 3.8) is 0 Å². The first kappa shape index (κ1) is 19.0. The number of hydrogen-bond donors (Lipinski definition) is 0. The molecule has 0 fully saturated rings. The van der Waals surface area contributed by atoms with E-state index >= 15 is 0 Å².